The number of methoxy groups -OCH3 is 1. The van der Waals surface area contributed by atoms with Crippen molar-refractivity contribution in [2.45, 2.75) is 18.9 Å². The summed E-state index contributed by atoms with van der Waals surface area (Å²) in [5, 5.41) is 3.08. The van der Waals surface area contributed by atoms with Crippen LogP contribution in [-0.2, 0) is 16.0 Å². The van der Waals surface area contributed by atoms with Gasteiger partial charge in [-0.2, -0.15) is 0 Å². The van der Waals surface area contributed by atoms with E-state index in [0.29, 0.717) is 18.0 Å². The van der Waals surface area contributed by atoms with E-state index in [0.717, 1.165) is 39.3 Å². The Morgan fingerprint density at radius 2 is 1.91 bits per heavy atom. The molecule has 1 fully saturated rings. The van der Waals surface area contributed by atoms with Crippen LogP contribution in [0.15, 0.2) is 42.5 Å². The van der Waals surface area contributed by atoms with Gasteiger partial charge in [-0.1, -0.05) is 24.3 Å². The number of morpholine rings is 1. The van der Waals surface area contributed by atoms with Gasteiger partial charge in [0, 0.05) is 38.9 Å². The molecule has 7 nitrogen and oxygen atoms in total. The van der Waals surface area contributed by atoms with Crippen LogP contribution in [0, 0.1) is 0 Å². The quantitative estimate of drug-likeness (QED) is 0.682. The molecule has 4 rings (SSSR count). The van der Waals surface area contributed by atoms with Gasteiger partial charge in [-0.05, 0) is 42.2 Å². The first kappa shape index (κ1) is 22.4. The zero-order valence-corrected chi connectivity index (χ0v) is 19.0. The van der Waals surface area contributed by atoms with Gasteiger partial charge in [0.1, 0.15) is 0 Å². The largest absolute Gasteiger partial charge is 0.493 e. The summed E-state index contributed by atoms with van der Waals surface area (Å²) in [6.45, 7) is 4.73. The van der Waals surface area contributed by atoms with Crippen LogP contribution < -0.4 is 19.7 Å². The minimum atomic E-state index is -0.146. The monoisotopic (exact) mass is 439 g/mol. The number of carbonyl (C=O) groups excluding carboxylic acids is 1. The lowest BCUT2D eigenvalue weighted by Crippen LogP contribution is -2.44. The Morgan fingerprint density at radius 3 is 2.69 bits per heavy atom. The molecule has 172 valence electrons. The summed E-state index contributed by atoms with van der Waals surface area (Å²) in [7, 11) is 3.74. The number of aryl methyl sites for hydroxylation is 1. The van der Waals surface area contributed by atoms with Crippen molar-refractivity contribution in [1.29, 1.82) is 0 Å². The first-order valence-corrected chi connectivity index (χ1v) is 11.3. The van der Waals surface area contributed by atoms with Crippen LogP contribution in [0.1, 0.15) is 23.6 Å². The van der Waals surface area contributed by atoms with Crippen molar-refractivity contribution in [2.24, 2.45) is 0 Å². The molecule has 2 aromatic rings. The van der Waals surface area contributed by atoms with Gasteiger partial charge >= 0.3 is 0 Å². The number of amides is 1. The summed E-state index contributed by atoms with van der Waals surface area (Å²) in [4.78, 5) is 17.3. The molecule has 32 heavy (non-hydrogen) atoms. The molecule has 2 heterocycles. The second-order valence-corrected chi connectivity index (χ2v) is 8.32. The van der Waals surface area contributed by atoms with Crippen LogP contribution in [0.4, 0.5) is 5.69 Å². The van der Waals surface area contributed by atoms with E-state index >= 15 is 0 Å². The Bertz CT molecular complexity index is 914. The maximum absolute atomic E-state index is 12.6. The van der Waals surface area contributed by atoms with E-state index in [1.807, 2.05) is 18.2 Å². The van der Waals surface area contributed by atoms with Gasteiger partial charge in [-0.15, -0.1) is 0 Å². The number of benzene rings is 2. The number of hydrogen-bond acceptors (Lipinski definition) is 6. The van der Waals surface area contributed by atoms with Crippen molar-refractivity contribution < 1.29 is 19.0 Å². The number of nitrogens with zero attached hydrogens (tertiary/aromatic N) is 2. The minimum Gasteiger partial charge on any atom is -0.493 e. The predicted octanol–water partition coefficient (Wildman–Crippen LogP) is 2.65. The highest BCUT2D eigenvalue weighted by molar-refractivity contribution is 5.77. The van der Waals surface area contributed by atoms with Crippen molar-refractivity contribution in [3.8, 4) is 11.5 Å². The third-order valence-corrected chi connectivity index (χ3v) is 6.25. The maximum Gasteiger partial charge on any atom is 0.258 e. The highest BCUT2D eigenvalue weighted by Crippen LogP contribution is 2.31. The van der Waals surface area contributed by atoms with Crippen LogP contribution in [0.25, 0.3) is 0 Å². The topological polar surface area (TPSA) is 63.3 Å². The summed E-state index contributed by atoms with van der Waals surface area (Å²) < 4.78 is 16.5. The Morgan fingerprint density at radius 1 is 1.12 bits per heavy atom. The second-order valence-electron chi connectivity index (χ2n) is 8.32. The summed E-state index contributed by atoms with van der Waals surface area (Å²) in [5.41, 5.74) is 3.95. The number of fused-ring (bicyclic) bond motifs is 1. The van der Waals surface area contributed by atoms with Gasteiger partial charge in [0.05, 0.1) is 26.4 Å². The molecule has 0 radical (unpaired) electrons. The molecule has 0 aromatic heterocycles. The van der Waals surface area contributed by atoms with Crippen LogP contribution >= 0.6 is 0 Å². The smallest absolute Gasteiger partial charge is 0.258 e. The number of carbonyl (C=O) groups is 1. The summed E-state index contributed by atoms with van der Waals surface area (Å²) in [6, 6.07) is 14.2. The molecule has 1 amide bonds. The lowest BCUT2D eigenvalue weighted by atomic mass is 9.95. The average molecular weight is 440 g/mol. The van der Waals surface area contributed by atoms with E-state index < -0.39 is 0 Å². The summed E-state index contributed by atoms with van der Waals surface area (Å²) in [5.74, 6) is 1.03. The fraction of sp³-hybridized carbons (Fsp3) is 0.480. The molecule has 7 heteroatoms. The van der Waals surface area contributed by atoms with Gasteiger partial charge in [-0.25, -0.2) is 0 Å². The molecule has 1 atom stereocenters. The second kappa shape index (κ2) is 10.7. The highest BCUT2D eigenvalue weighted by Gasteiger charge is 2.25. The van der Waals surface area contributed by atoms with Gasteiger partial charge in [0.15, 0.2) is 18.1 Å². The fourth-order valence-corrected chi connectivity index (χ4v) is 4.50. The SMILES string of the molecule is COc1ccccc1OCC(=O)NC[C@@H](c1ccc2c(c1)CCCN2C)N1CCOCC1. The molecule has 0 saturated carbocycles. The standard InChI is InChI=1S/C25H33N3O4/c1-27-11-5-6-19-16-20(9-10-21(19)27)22(28-12-14-31-15-13-28)17-26-25(29)18-32-24-8-4-3-7-23(24)30-2/h3-4,7-10,16,22H,5-6,11-15,17-18H2,1-2H3,(H,26,29)/t22-/m0/s1. The molecule has 0 aliphatic carbocycles. The average Bonchev–Trinajstić information content (AvgIpc) is 2.84. The lowest BCUT2D eigenvalue weighted by molar-refractivity contribution is -0.123. The van der Waals surface area contributed by atoms with Crippen LogP contribution in [0.5, 0.6) is 11.5 Å². The molecule has 0 bridgehead atoms. The van der Waals surface area contributed by atoms with Crippen molar-refractivity contribution >= 4 is 11.6 Å². The summed E-state index contributed by atoms with van der Waals surface area (Å²) in [6.07, 6.45) is 2.27. The molecule has 1 saturated heterocycles. The van der Waals surface area contributed by atoms with E-state index in [9.17, 15) is 4.79 Å². The number of hydrogen-bond donors (Lipinski definition) is 1. The van der Waals surface area contributed by atoms with E-state index in [1.165, 1.54) is 23.2 Å². The van der Waals surface area contributed by atoms with Crippen molar-refractivity contribution in [3.63, 3.8) is 0 Å². The normalized spacial score (nSPS) is 17.4. The maximum atomic E-state index is 12.6. The van der Waals surface area contributed by atoms with Gasteiger partial charge in [0.25, 0.3) is 5.91 Å². The Kier molecular flexibility index (Phi) is 7.50. The number of anilines is 1. The Balaban J connectivity index is 1.42. The lowest BCUT2D eigenvalue weighted by Gasteiger charge is -2.36. The van der Waals surface area contributed by atoms with Gasteiger partial charge in [-0.3, -0.25) is 9.69 Å². The number of para-hydroxylation sites is 2. The van der Waals surface area contributed by atoms with E-state index in [2.05, 4.69) is 40.4 Å². The van der Waals surface area contributed by atoms with Gasteiger partial charge in [0.2, 0.25) is 0 Å². The molecular weight excluding hydrogens is 406 g/mol. The third kappa shape index (κ3) is 5.34. The Hall–Kier alpha value is -2.77. The van der Waals surface area contributed by atoms with Crippen LogP contribution in [0.2, 0.25) is 0 Å². The molecular formula is C25H33N3O4. The third-order valence-electron chi connectivity index (χ3n) is 6.25. The first-order chi connectivity index (χ1) is 15.7. The number of ether oxygens (including phenoxy) is 3. The molecule has 1 N–H and O–H groups in total. The zero-order chi connectivity index (χ0) is 22.3. The first-order valence-electron chi connectivity index (χ1n) is 11.3. The van der Waals surface area contributed by atoms with Crippen LogP contribution in [0.3, 0.4) is 0 Å². The number of nitrogens with one attached hydrogen (secondary N) is 1. The van der Waals surface area contributed by atoms with E-state index in [1.54, 1.807) is 13.2 Å². The zero-order valence-electron chi connectivity index (χ0n) is 19.0. The number of rotatable bonds is 8. The van der Waals surface area contributed by atoms with Crippen LogP contribution in [-0.4, -0.2) is 71.0 Å². The molecule has 2 aliphatic heterocycles. The van der Waals surface area contributed by atoms with E-state index in [-0.39, 0.29) is 18.6 Å². The van der Waals surface area contributed by atoms with E-state index in [4.69, 9.17) is 14.2 Å². The van der Waals surface area contributed by atoms with Crippen molar-refractivity contribution in [2.75, 3.05) is 65.1 Å². The molecule has 2 aromatic carbocycles. The van der Waals surface area contributed by atoms with Gasteiger partial charge < -0.3 is 24.4 Å². The predicted molar refractivity (Wildman–Crippen MR) is 125 cm³/mol. The highest BCUT2D eigenvalue weighted by atomic mass is 16.5. The fourth-order valence-electron chi connectivity index (χ4n) is 4.50. The van der Waals surface area contributed by atoms with Crippen molar-refractivity contribution in [1.82, 2.24) is 10.2 Å². The minimum absolute atomic E-state index is 0.0504. The molecule has 2 aliphatic rings. The molecule has 0 spiro atoms. The molecule has 0 unspecified atom stereocenters. The summed E-state index contributed by atoms with van der Waals surface area (Å²) >= 11 is 0. The Labute approximate surface area is 190 Å². The van der Waals surface area contributed by atoms with Crippen molar-refractivity contribution in [3.05, 3.63) is 53.6 Å².